The summed E-state index contributed by atoms with van der Waals surface area (Å²) in [5, 5.41) is 5.85. The second kappa shape index (κ2) is 8.44. The van der Waals surface area contributed by atoms with Gasteiger partial charge in [-0.25, -0.2) is 17.8 Å². The third-order valence-electron chi connectivity index (χ3n) is 3.55. The minimum atomic E-state index is -3.49. The van der Waals surface area contributed by atoms with E-state index >= 15 is 0 Å². The van der Waals surface area contributed by atoms with Crippen molar-refractivity contribution in [3.8, 4) is 0 Å². The molecule has 0 aliphatic heterocycles. The van der Waals surface area contributed by atoms with Gasteiger partial charge in [-0.1, -0.05) is 18.2 Å². The number of anilines is 5. The summed E-state index contributed by atoms with van der Waals surface area (Å²) in [6.45, 7) is 0. The topological polar surface area (TPSA) is 96.0 Å². The molecule has 0 radical (unpaired) electrons. The monoisotopic (exact) mass is 419 g/mol. The highest BCUT2D eigenvalue weighted by Crippen LogP contribution is 2.27. The highest BCUT2D eigenvalue weighted by molar-refractivity contribution is 7.98. The van der Waals surface area contributed by atoms with Crippen molar-refractivity contribution in [1.29, 1.82) is 0 Å². The van der Waals surface area contributed by atoms with Gasteiger partial charge < -0.3 is 10.6 Å². The molecule has 28 heavy (non-hydrogen) atoms. The molecular weight excluding hydrogens is 401 g/mol. The van der Waals surface area contributed by atoms with Crippen LogP contribution in [0.4, 0.5) is 33.2 Å². The van der Waals surface area contributed by atoms with E-state index in [-0.39, 0.29) is 17.5 Å². The predicted octanol–water partition coefficient (Wildman–Crippen LogP) is 4.20. The Hall–Kier alpha value is -2.85. The van der Waals surface area contributed by atoms with E-state index in [1.54, 1.807) is 36.0 Å². The molecule has 0 saturated carbocycles. The maximum absolute atomic E-state index is 14.2. The summed E-state index contributed by atoms with van der Waals surface area (Å²) in [5.74, 6) is -0.547. The van der Waals surface area contributed by atoms with Crippen molar-refractivity contribution in [2.45, 2.75) is 4.90 Å². The number of thioether (sulfide) groups is 1. The third-order valence-corrected chi connectivity index (χ3v) is 4.86. The zero-order valence-electron chi connectivity index (χ0n) is 15.1. The van der Waals surface area contributed by atoms with Crippen LogP contribution in [0.2, 0.25) is 0 Å². The molecule has 0 unspecified atom stereocenters. The number of para-hydroxylation sites is 2. The molecule has 0 spiro atoms. The van der Waals surface area contributed by atoms with E-state index in [0.29, 0.717) is 5.69 Å². The zero-order valence-corrected chi connectivity index (χ0v) is 16.7. The summed E-state index contributed by atoms with van der Waals surface area (Å²) in [7, 11) is -3.49. The minimum Gasteiger partial charge on any atom is -0.336 e. The molecule has 0 fully saturated rings. The number of nitrogens with zero attached hydrogens (tertiary/aromatic N) is 2. The first-order chi connectivity index (χ1) is 13.3. The van der Waals surface area contributed by atoms with Gasteiger partial charge in [0.05, 0.1) is 23.8 Å². The van der Waals surface area contributed by atoms with Gasteiger partial charge in [-0.15, -0.1) is 11.8 Å². The van der Waals surface area contributed by atoms with Crippen molar-refractivity contribution in [2.24, 2.45) is 0 Å². The molecule has 7 nitrogen and oxygen atoms in total. The Morgan fingerprint density at radius 2 is 1.79 bits per heavy atom. The van der Waals surface area contributed by atoms with Crippen LogP contribution < -0.4 is 15.4 Å². The SMILES string of the molecule is CSc1cccc(Nc2ncc(F)c(Nc3ccccc3NS(C)(=O)=O)n2)c1. The standard InChI is InChI=1S/C18H18FN5O2S2/c1-27-13-7-5-6-12(10-13)21-18-20-11-14(19)17(23-18)22-15-8-3-4-9-16(15)24-28(2,25)26/h3-11,24H,1-2H3,(H2,20,21,22,23). The van der Waals surface area contributed by atoms with Crippen molar-refractivity contribution in [1.82, 2.24) is 9.97 Å². The molecule has 1 aromatic heterocycles. The van der Waals surface area contributed by atoms with E-state index in [4.69, 9.17) is 0 Å². The van der Waals surface area contributed by atoms with Crippen molar-refractivity contribution < 1.29 is 12.8 Å². The fourth-order valence-electron chi connectivity index (χ4n) is 2.35. The lowest BCUT2D eigenvalue weighted by Crippen LogP contribution is -2.11. The quantitative estimate of drug-likeness (QED) is 0.494. The lowest BCUT2D eigenvalue weighted by Gasteiger charge is -2.13. The van der Waals surface area contributed by atoms with Crippen molar-refractivity contribution in [2.75, 3.05) is 27.9 Å². The molecule has 3 rings (SSSR count). The van der Waals surface area contributed by atoms with Gasteiger partial charge in [0.2, 0.25) is 16.0 Å². The van der Waals surface area contributed by atoms with E-state index < -0.39 is 15.8 Å². The number of nitrogens with one attached hydrogen (secondary N) is 3. The Morgan fingerprint density at radius 3 is 2.50 bits per heavy atom. The lowest BCUT2D eigenvalue weighted by molar-refractivity contribution is 0.607. The van der Waals surface area contributed by atoms with E-state index in [1.807, 2.05) is 30.5 Å². The van der Waals surface area contributed by atoms with Crippen LogP contribution in [0.15, 0.2) is 59.6 Å². The highest BCUT2D eigenvalue weighted by Gasteiger charge is 2.12. The summed E-state index contributed by atoms with van der Waals surface area (Å²) < 4.78 is 39.7. The predicted molar refractivity (Wildman–Crippen MR) is 112 cm³/mol. The molecule has 0 saturated heterocycles. The molecular formula is C18H18FN5O2S2. The Bertz CT molecular complexity index is 1090. The van der Waals surface area contributed by atoms with Crippen molar-refractivity contribution >= 4 is 50.6 Å². The van der Waals surface area contributed by atoms with Crippen LogP contribution >= 0.6 is 11.8 Å². The fourth-order valence-corrected chi connectivity index (χ4v) is 3.39. The Labute approximate surface area is 166 Å². The molecule has 1 heterocycles. The van der Waals surface area contributed by atoms with Crippen LogP contribution in [0, 0.1) is 5.82 Å². The first-order valence-electron chi connectivity index (χ1n) is 8.11. The number of hydrogen-bond donors (Lipinski definition) is 3. The Balaban J connectivity index is 1.87. The number of hydrogen-bond acceptors (Lipinski definition) is 7. The van der Waals surface area contributed by atoms with E-state index in [9.17, 15) is 12.8 Å². The van der Waals surface area contributed by atoms with E-state index in [0.717, 1.165) is 23.0 Å². The second-order valence-corrected chi connectivity index (χ2v) is 8.42. The smallest absolute Gasteiger partial charge is 0.229 e. The second-order valence-electron chi connectivity index (χ2n) is 5.79. The molecule has 2 aromatic carbocycles. The highest BCUT2D eigenvalue weighted by atomic mass is 32.2. The summed E-state index contributed by atoms with van der Waals surface area (Å²) in [4.78, 5) is 9.18. The van der Waals surface area contributed by atoms with Crippen LogP contribution in [-0.4, -0.2) is 30.9 Å². The molecule has 0 bridgehead atoms. The molecule has 0 amide bonds. The Kier molecular flexibility index (Phi) is 6.00. The van der Waals surface area contributed by atoms with Crippen LogP contribution in [-0.2, 0) is 10.0 Å². The van der Waals surface area contributed by atoms with Gasteiger partial charge in [-0.3, -0.25) is 4.72 Å². The molecule has 0 aliphatic rings. The minimum absolute atomic E-state index is 0.0822. The summed E-state index contributed by atoms with van der Waals surface area (Å²) >= 11 is 1.60. The molecule has 0 atom stereocenters. The summed E-state index contributed by atoms with van der Waals surface area (Å²) in [6, 6.07) is 14.2. The first kappa shape index (κ1) is 19.9. The van der Waals surface area contributed by atoms with E-state index in [2.05, 4.69) is 25.3 Å². The van der Waals surface area contributed by atoms with Gasteiger partial charge in [0.15, 0.2) is 11.6 Å². The Morgan fingerprint density at radius 1 is 1.04 bits per heavy atom. The fraction of sp³-hybridized carbons (Fsp3) is 0.111. The number of benzene rings is 2. The zero-order chi connectivity index (χ0) is 20.1. The first-order valence-corrected chi connectivity index (χ1v) is 11.2. The number of aromatic nitrogens is 2. The van der Waals surface area contributed by atoms with Gasteiger partial charge in [0.1, 0.15) is 0 Å². The maximum Gasteiger partial charge on any atom is 0.229 e. The molecule has 10 heteroatoms. The molecule has 3 N–H and O–H groups in total. The van der Waals surface area contributed by atoms with Crippen molar-refractivity contribution in [3.63, 3.8) is 0 Å². The molecule has 3 aromatic rings. The third kappa shape index (κ3) is 5.33. The number of halogens is 1. The maximum atomic E-state index is 14.2. The van der Waals surface area contributed by atoms with Crippen LogP contribution in [0.1, 0.15) is 0 Å². The largest absolute Gasteiger partial charge is 0.336 e. The van der Waals surface area contributed by atoms with E-state index in [1.165, 1.54) is 0 Å². The van der Waals surface area contributed by atoms with Crippen LogP contribution in [0.25, 0.3) is 0 Å². The van der Waals surface area contributed by atoms with Gasteiger partial charge in [0.25, 0.3) is 0 Å². The van der Waals surface area contributed by atoms with Gasteiger partial charge >= 0.3 is 0 Å². The summed E-state index contributed by atoms with van der Waals surface area (Å²) in [6.07, 6.45) is 4.06. The normalized spacial score (nSPS) is 11.1. The van der Waals surface area contributed by atoms with Crippen molar-refractivity contribution in [3.05, 3.63) is 60.5 Å². The lowest BCUT2D eigenvalue weighted by atomic mass is 10.2. The van der Waals surface area contributed by atoms with Gasteiger partial charge in [-0.2, -0.15) is 4.98 Å². The van der Waals surface area contributed by atoms with Gasteiger partial charge in [0, 0.05) is 10.6 Å². The van der Waals surface area contributed by atoms with Gasteiger partial charge in [-0.05, 0) is 36.6 Å². The molecule has 146 valence electrons. The average molecular weight is 420 g/mol. The van der Waals surface area contributed by atoms with Crippen LogP contribution in [0.5, 0.6) is 0 Å². The van der Waals surface area contributed by atoms with Crippen LogP contribution in [0.3, 0.4) is 0 Å². The number of sulfonamides is 1. The average Bonchev–Trinajstić information content (AvgIpc) is 2.65. The number of rotatable bonds is 7. The summed E-state index contributed by atoms with van der Waals surface area (Å²) in [5.41, 5.74) is 1.41. The molecule has 0 aliphatic carbocycles.